The van der Waals surface area contributed by atoms with Gasteiger partial charge in [0.2, 0.25) is 27.6 Å². The molecule has 0 saturated heterocycles. The van der Waals surface area contributed by atoms with E-state index in [-0.39, 0.29) is 47.3 Å². The molecule has 0 spiro atoms. The molecule has 4 aliphatic carbocycles. The Labute approximate surface area is 310 Å². The number of ether oxygens (including phenoxy) is 1. The molecule has 280 valence electrons. The van der Waals surface area contributed by atoms with Crippen molar-refractivity contribution in [2.75, 3.05) is 11.3 Å². The fourth-order valence-electron chi connectivity index (χ4n) is 8.56. The standard InChI is InChI=1S/C40H48N6O6S/c1-24-10-8-11-25(2)33(24)29-15-32(45-36(44-29)46-53(49,50)39(7)13-9-12-26(16-39)35(47)48)51-20-27(17-40-21-38(6,22-40)23-40)41-18-28-19-42-34-30(43-28)14-31(52-34)37(3,4)5/h8-15,19,27,41H,16-18,20-23H2,1-7H3,(H,47,48)(H,44,45,46)/t27-,38?,39?,40?/m1/s1. The van der Waals surface area contributed by atoms with Gasteiger partial charge in [-0.2, -0.15) is 4.98 Å². The summed E-state index contributed by atoms with van der Waals surface area (Å²) in [6.45, 7) is 14.8. The van der Waals surface area contributed by atoms with Crippen molar-refractivity contribution >= 4 is 33.2 Å². The van der Waals surface area contributed by atoms with Crippen LogP contribution >= 0.6 is 0 Å². The first kappa shape index (κ1) is 36.7. The van der Waals surface area contributed by atoms with Gasteiger partial charge < -0.3 is 19.6 Å². The second kappa shape index (κ2) is 13.0. The zero-order valence-corrected chi connectivity index (χ0v) is 32.2. The average Bonchev–Trinajstić information content (AvgIpc) is 3.49. The van der Waals surface area contributed by atoms with Crippen LogP contribution in [0, 0.1) is 24.7 Å². The lowest BCUT2D eigenvalue weighted by molar-refractivity contribution is -0.199. The molecule has 3 heterocycles. The number of sulfonamides is 1. The van der Waals surface area contributed by atoms with Gasteiger partial charge in [-0.05, 0) is 68.4 Å². The Morgan fingerprint density at radius 1 is 1.08 bits per heavy atom. The molecule has 3 fully saturated rings. The minimum absolute atomic E-state index is 0.00354. The van der Waals surface area contributed by atoms with Crippen LogP contribution in [0.1, 0.15) is 89.3 Å². The third-order valence-corrected chi connectivity index (χ3v) is 12.9. The Bertz CT molecular complexity index is 2230. The first-order valence-electron chi connectivity index (χ1n) is 18.1. The first-order chi connectivity index (χ1) is 24.8. The van der Waals surface area contributed by atoms with Crippen LogP contribution < -0.4 is 14.8 Å². The van der Waals surface area contributed by atoms with Crippen LogP contribution in [-0.4, -0.2) is 56.8 Å². The molecule has 0 radical (unpaired) electrons. The van der Waals surface area contributed by atoms with Crippen LogP contribution in [0.4, 0.5) is 5.95 Å². The number of carboxylic acid groups (broad SMARTS) is 1. The third-order valence-electron chi connectivity index (χ3n) is 11.0. The number of aryl methyl sites for hydroxylation is 2. The fraction of sp³-hybridized carbons (Fsp3) is 0.475. The van der Waals surface area contributed by atoms with E-state index in [4.69, 9.17) is 14.1 Å². The predicted octanol–water partition coefficient (Wildman–Crippen LogP) is 7.18. The maximum absolute atomic E-state index is 13.9. The van der Waals surface area contributed by atoms with Crippen LogP contribution in [0.2, 0.25) is 0 Å². The van der Waals surface area contributed by atoms with E-state index in [0.29, 0.717) is 23.4 Å². The minimum Gasteiger partial charge on any atom is -0.478 e. The summed E-state index contributed by atoms with van der Waals surface area (Å²) in [4.78, 5) is 30.3. The maximum Gasteiger partial charge on any atom is 0.331 e. The summed E-state index contributed by atoms with van der Waals surface area (Å²) in [6, 6.07) is 9.54. The van der Waals surface area contributed by atoms with Gasteiger partial charge in [0.1, 0.15) is 22.6 Å². The normalized spacial score (nSPS) is 24.2. The van der Waals surface area contributed by atoms with E-state index in [1.54, 1.807) is 12.3 Å². The smallest absolute Gasteiger partial charge is 0.331 e. The van der Waals surface area contributed by atoms with Gasteiger partial charge in [0.15, 0.2) is 0 Å². The van der Waals surface area contributed by atoms with Gasteiger partial charge in [-0.15, -0.1) is 0 Å². The highest BCUT2D eigenvalue weighted by Gasteiger charge is 2.64. The molecular formula is C40H48N6O6S. The zero-order chi connectivity index (χ0) is 38.0. The molecule has 4 aliphatic rings. The average molecular weight is 741 g/mol. The Kier molecular flexibility index (Phi) is 9.04. The number of allylic oxidation sites excluding steroid dienone is 2. The van der Waals surface area contributed by atoms with Crippen LogP contribution in [0.15, 0.2) is 64.7 Å². The second-order valence-electron chi connectivity index (χ2n) is 17.0. The lowest BCUT2D eigenvalue weighted by atomic mass is 9.35. The molecule has 4 aromatic rings. The van der Waals surface area contributed by atoms with Crippen molar-refractivity contribution in [3.63, 3.8) is 0 Å². The monoisotopic (exact) mass is 740 g/mol. The van der Waals surface area contributed by atoms with Gasteiger partial charge in [0.05, 0.1) is 17.6 Å². The number of aliphatic carboxylic acids is 1. The van der Waals surface area contributed by atoms with Crippen LogP contribution in [-0.2, 0) is 26.8 Å². The number of aromatic nitrogens is 4. The number of benzene rings is 1. The largest absolute Gasteiger partial charge is 0.478 e. The quantitative estimate of drug-likeness (QED) is 0.127. The summed E-state index contributed by atoms with van der Waals surface area (Å²) in [6.07, 6.45) is 10.4. The number of nitrogens with one attached hydrogen (secondary N) is 2. The Hall–Kier alpha value is -4.62. The van der Waals surface area contributed by atoms with Crippen molar-refractivity contribution in [1.29, 1.82) is 0 Å². The highest BCUT2D eigenvalue weighted by molar-refractivity contribution is 7.94. The number of hydrogen-bond acceptors (Lipinski definition) is 10. The van der Waals surface area contributed by atoms with E-state index in [9.17, 15) is 18.3 Å². The molecule has 8 rings (SSSR count). The number of hydrogen-bond donors (Lipinski definition) is 3. The van der Waals surface area contributed by atoms with Crippen molar-refractivity contribution in [2.45, 2.75) is 103 Å². The molecule has 2 atom stereocenters. The minimum atomic E-state index is -4.21. The van der Waals surface area contributed by atoms with Gasteiger partial charge in [-0.25, -0.2) is 28.2 Å². The van der Waals surface area contributed by atoms with E-state index in [1.165, 1.54) is 44.4 Å². The first-order valence-corrected chi connectivity index (χ1v) is 19.6. The van der Waals surface area contributed by atoms with E-state index in [2.05, 4.69) is 52.7 Å². The maximum atomic E-state index is 13.9. The van der Waals surface area contributed by atoms with Gasteiger partial charge in [0.25, 0.3) is 0 Å². The Morgan fingerprint density at radius 3 is 2.45 bits per heavy atom. The number of fused-ring (bicyclic) bond motifs is 1. The van der Waals surface area contributed by atoms with E-state index in [0.717, 1.165) is 40.1 Å². The Morgan fingerprint density at radius 2 is 1.79 bits per heavy atom. The summed E-state index contributed by atoms with van der Waals surface area (Å²) < 4.78 is 41.1. The van der Waals surface area contributed by atoms with Crippen molar-refractivity contribution < 1.29 is 27.5 Å². The summed E-state index contributed by atoms with van der Waals surface area (Å²) in [5.74, 6) is -0.272. The predicted molar refractivity (Wildman–Crippen MR) is 203 cm³/mol. The zero-order valence-electron chi connectivity index (χ0n) is 31.4. The van der Waals surface area contributed by atoms with Crippen molar-refractivity contribution in [3.8, 4) is 17.1 Å². The number of carbonyl (C=O) groups is 1. The molecule has 0 amide bonds. The molecule has 1 aromatic carbocycles. The summed E-state index contributed by atoms with van der Waals surface area (Å²) in [5.41, 5.74) is 5.86. The molecule has 12 nitrogen and oxygen atoms in total. The second-order valence-corrected chi connectivity index (χ2v) is 19.1. The van der Waals surface area contributed by atoms with Crippen LogP contribution in [0.3, 0.4) is 0 Å². The van der Waals surface area contributed by atoms with E-state index < -0.39 is 20.7 Å². The molecule has 3 aromatic heterocycles. The van der Waals surface area contributed by atoms with Gasteiger partial charge >= 0.3 is 5.97 Å². The number of carboxylic acids is 1. The SMILES string of the molecule is Cc1cccc(C)c1-c1cc(OC[C@@H](CC23CC(C)(C2)C3)NCc2cnc3oc(C(C)(C)C)cc3n2)nc(NS(=O)(=O)C2(C)C=CC=C(C(=O)O)C2)n1. The van der Waals surface area contributed by atoms with Gasteiger partial charge in [-0.1, -0.05) is 64.1 Å². The molecule has 3 saturated carbocycles. The van der Waals surface area contributed by atoms with Crippen molar-refractivity contribution in [1.82, 2.24) is 25.3 Å². The highest BCUT2D eigenvalue weighted by atomic mass is 32.2. The van der Waals surface area contributed by atoms with Gasteiger partial charge in [0, 0.05) is 47.7 Å². The lowest BCUT2D eigenvalue weighted by Crippen LogP contribution is -2.62. The van der Waals surface area contributed by atoms with Gasteiger partial charge in [-0.3, -0.25) is 4.72 Å². The molecular weight excluding hydrogens is 693 g/mol. The molecule has 2 bridgehead atoms. The van der Waals surface area contributed by atoms with Crippen LogP contribution in [0.5, 0.6) is 5.88 Å². The Balaban J connectivity index is 1.15. The number of rotatable bonds is 13. The third kappa shape index (κ3) is 7.33. The fourth-order valence-corrected chi connectivity index (χ4v) is 9.73. The molecule has 53 heavy (non-hydrogen) atoms. The highest BCUT2D eigenvalue weighted by Crippen LogP contribution is 2.74. The van der Waals surface area contributed by atoms with Crippen molar-refractivity contribution in [3.05, 3.63) is 82.9 Å². The number of anilines is 1. The van der Waals surface area contributed by atoms with E-state index >= 15 is 0 Å². The lowest BCUT2D eigenvalue weighted by Gasteiger charge is -2.70. The summed E-state index contributed by atoms with van der Waals surface area (Å²) in [7, 11) is -4.21. The molecule has 13 heteroatoms. The summed E-state index contributed by atoms with van der Waals surface area (Å²) >= 11 is 0. The number of nitrogens with zero attached hydrogens (tertiary/aromatic N) is 4. The summed E-state index contributed by atoms with van der Waals surface area (Å²) in [5, 5.41) is 13.3. The molecule has 3 N–H and O–H groups in total. The van der Waals surface area contributed by atoms with E-state index in [1.807, 2.05) is 38.1 Å². The topological polar surface area (TPSA) is 169 Å². The van der Waals surface area contributed by atoms with Crippen molar-refractivity contribution in [2.24, 2.45) is 10.8 Å². The molecule has 0 aliphatic heterocycles. The molecule has 1 unspecified atom stereocenters. The number of furan rings is 1. The van der Waals surface area contributed by atoms with Crippen LogP contribution in [0.25, 0.3) is 22.5 Å².